The molecule has 2 heterocycles. The Bertz CT molecular complexity index is 524. The molecular formula is C14H23N5. The van der Waals surface area contributed by atoms with E-state index < -0.39 is 0 Å². The van der Waals surface area contributed by atoms with Crippen molar-refractivity contribution in [3.8, 4) is 0 Å². The molecule has 0 saturated heterocycles. The number of aromatic nitrogens is 4. The van der Waals surface area contributed by atoms with Crippen LogP contribution in [0, 0.1) is 12.8 Å². The monoisotopic (exact) mass is 261 g/mol. The summed E-state index contributed by atoms with van der Waals surface area (Å²) < 4.78 is 3.98. The van der Waals surface area contributed by atoms with Gasteiger partial charge in [0.2, 0.25) is 0 Å². The highest BCUT2D eigenvalue weighted by Gasteiger charge is 2.06. The average molecular weight is 261 g/mol. The molecule has 0 aliphatic rings. The third-order valence-electron chi connectivity index (χ3n) is 3.30. The summed E-state index contributed by atoms with van der Waals surface area (Å²) in [5, 5.41) is 12.1. The largest absolute Gasteiger partial charge is 0.307 e. The molecule has 0 fully saturated rings. The van der Waals surface area contributed by atoms with Crippen molar-refractivity contribution >= 4 is 0 Å². The van der Waals surface area contributed by atoms with E-state index in [9.17, 15) is 0 Å². The van der Waals surface area contributed by atoms with Crippen molar-refractivity contribution in [1.29, 1.82) is 0 Å². The molecule has 104 valence electrons. The lowest BCUT2D eigenvalue weighted by molar-refractivity contribution is 0.461. The van der Waals surface area contributed by atoms with Gasteiger partial charge >= 0.3 is 0 Å². The van der Waals surface area contributed by atoms with Crippen molar-refractivity contribution in [2.75, 3.05) is 0 Å². The number of nitrogens with zero attached hydrogens (tertiary/aromatic N) is 4. The van der Waals surface area contributed by atoms with Crippen molar-refractivity contribution < 1.29 is 0 Å². The van der Waals surface area contributed by atoms with Crippen LogP contribution in [0.15, 0.2) is 18.5 Å². The quantitative estimate of drug-likeness (QED) is 0.863. The molecule has 2 aromatic heterocycles. The van der Waals surface area contributed by atoms with Gasteiger partial charge < -0.3 is 5.32 Å². The minimum Gasteiger partial charge on any atom is -0.307 e. The van der Waals surface area contributed by atoms with E-state index in [1.54, 1.807) is 0 Å². The van der Waals surface area contributed by atoms with Crippen molar-refractivity contribution in [2.45, 2.75) is 40.4 Å². The number of aryl methyl sites for hydroxylation is 1. The Morgan fingerprint density at radius 3 is 2.68 bits per heavy atom. The molecule has 0 aliphatic carbocycles. The van der Waals surface area contributed by atoms with Crippen LogP contribution < -0.4 is 5.32 Å². The van der Waals surface area contributed by atoms with E-state index in [1.807, 2.05) is 24.1 Å². The Hall–Kier alpha value is -1.62. The minimum absolute atomic E-state index is 0.610. The summed E-state index contributed by atoms with van der Waals surface area (Å²) in [4.78, 5) is 0. The van der Waals surface area contributed by atoms with Gasteiger partial charge in [-0.05, 0) is 18.9 Å². The fourth-order valence-electron chi connectivity index (χ4n) is 2.06. The average Bonchev–Trinajstić information content (AvgIpc) is 2.90. The first-order valence-electron chi connectivity index (χ1n) is 6.76. The molecule has 2 aromatic rings. The van der Waals surface area contributed by atoms with E-state index in [-0.39, 0.29) is 0 Å². The highest BCUT2D eigenvalue weighted by Crippen LogP contribution is 2.07. The Kier molecular flexibility index (Phi) is 4.37. The molecule has 0 atom stereocenters. The van der Waals surface area contributed by atoms with E-state index in [0.29, 0.717) is 5.92 Å². The maximum atomic E-state index is 4.36. The van der Waals surface area contributed by atoms with Crippen LogP contribution in [0.1, 0.15) is 30.8 Å². The van der Waals surface area contributed by atoms with Gasteiger partial charge in [0.15, 0.2) is 0 Å². The molecule has 2 rings (SSSR count). The Morgan fingerprint density at radius 2 is 2.05 bits per heavy atom. The summed E-state index contributed by atoms with van der Waals surface area (Å²) in [6.07, 6.45) is 3.79. The van der Waals surface area contributed by atoms with Crippen LogP contribution in [0.5, 0.6) is 0 Å². The van der Waals surface area contributed by atoms with Gasteiger partial charge in [-0.3, -0.25) is 9.36 Å². The SMILES string of the molecule is Cc1c(CNCc2ccnn2CC(C)C)cnn1C. The van der Waals surface area contributed by atoms with Gasteiger partial charge in [0.05, 0.1) is 11.9 Å². The Balaban J connectivity index is 1.89. The third-order valence-corrected chi connectivity index (χ3v) is 3.30. The van der Waals surface area contributed by atoms with Crippen LogP contribution >= 0.6 is 0 Å². The first-order chi connectivity index (χ1) is 9.08. The van der Waals surface area contributed by atoms with E-state index >= 15 is 0 Å². The number of nitrogens with one attached hydrogen (secondary N) is 1. The number of hydrogen-bond acceptors (Lipinski definition) is 3. The summed E-state index contributed by atoms with van der Waals surface area (Å²) in [5.74, 6) is 0.610. The molecule has 0 bridgehead atoms. The molecule has 0 saturated carbocycles. The number of rotatable bonds is 6. The van der Waals surface area contributed by atoms with Crippen molar-refractivity contribution in [3.63, 3.8) is 0 Å². The van der Waals surface area contributed by atoms with E-state index in [1.165, 1.54) is 17.0 Å². The van der Waals surface area contributed by atoms with Crippen LogP contribution in [0.2, 0.25) is 0 Å². The molecule has 0 radical (unpaired) electrons. The summed E-state index contributed by atoms with van der Waals surface area (Å²) in [6.45, 7) is 9.15. The van der Waals surface area contributed by atoms with Gasteiger partial charge in [-0.1, -0.05) is 13.8 Å². The van der Waals surface area contributed by atoms with Crippen molar-refractivity contribution in [2.24, 2.45) is 13.0 Å². The molecule has 0 spiro atoms. The molecule has 0 amide bonds. The van der Waals surface area contributed by atoms with Gasteiger partial charge in [-0.25, -0.2) is 0 Å². The lowest BCUT2D eigenvalue weighted by Crippen LogP contribution is -2.18. The smallest absolute Gasteiger partial charge is 0.0537 e. The maximum absolute atomic E-state index is 4.36. The van der Waals surface area contributed by atoms with Crippen molar-refractivity contribution in [1.82, 2.24) is 24.9 Å². The lowest BCUT2D eigenvalue weighted by atomic mass is 10.2. The van der Waals surface area contributed by atoms with Gasteiger partial charge in [-0.15, -0.1) is 0 Å². The minimum atomic E-state index is 0.610. The molecule has 1 N–H and O–H groups in total. The van der Waals surface area contributed by atoms with Crippen LogP contribution in [0.25, 0.3) is 0 Å². The zero-order valence-electron chi connectivity index (χ0n) is 12.2. The molecule has 5 nitrogen and oxygen atoms in total. The second-order valence-electron chi connectivity index (χ2n) is 5.38. The van der Waals surface area contributed by atoms with Gasteiger partial charge in [0.1, 0.15) is 0 Å². The van der Waals surface area contributed by atoms with E-state index in [4.69, 9.17) is 0 Å². The fraction of sp³-hybridized carbons (Fsp3) is 0.571. The molecule has 0 unspecified atom stereocenters. The van der Waals surface area contributed by atoms with Crippen LogP contribution in [0.3, 0.4) is 0 Å². The maximum Gasteiger partial charge on any atom is 0.0537 e. The van der Waals surface area contributed by atoms with Gasteiger partial charge in [0, 0.05) is 44.1 Å². The van der Waals surface area contributed by atoms with E-state index in [2.05, 4.69) is 47.0 Å². The normalized spacial score (nSPS) is 11.4. The first-order valence-corrected chi connectivity index (χ1v) is 6.76. The number of hydrogen-bond donors (Lipinski definition) is 1. The lowest BCUT2D eigenvalue weighted by Gasteiger charge is -2.10. The van der Waals surface area contributed by atoms with E-state index in [0.717, 1.165) is 19.6 Å². The molecule has 19 heavy (non-hydrogen) atoms. The zero-order valence-corrected chi connectivity index (χ0v) is 12.2. The van der Waals surface area contributed by atoms with Crippen molar-refractivity contribution in [3.05, 3.63) is 35.4 Å². The summed E-state index contributed by atoms with van der Waals surface area (Å²) in [5.41, 5.74) is 3.69. The predicted molar refractivity (Wildman–Crippen MR) is 75.6 cm³/mol. The Labute approximate surface area is 114 Å². The second-order valence-corrected chi connectivity index (χ2v) is 5.38. The summed E-state index contributed by atoms with van der Waals surface area (Å²) in [7, 11) is 1.97. The highest BCUT2D eigenvalue weighted by atomic mass is 15.3. The van der Waals surface area contributed by atoms with Crippen LogP contribution in [-0.2, 0) is 26.7 Å². The van der Waals surface area contributed by atoms with Gasteiger partial charge in [-0.2, -0.15) is 10.2 Å². The molecule has 0 aliphatic heterocycles. The molecule has 5 heteroatoms. The standard InChI is InChI=1S/C14H23N5/c1-11(2)10-19-14(5-6-16-19)9-15-7-13-8-17-18(4)12(13)3/h5-6,8,11,15H,7,9-10H2,1-4H3. The third kappa shape index (κ3) is 3.44. The zero-order chi connectivity index (χ0) is 13.8. The van der Waals surface area contributed by atoms with Crippen LogP contribution in [0.4, 0.5) is 0 Å². The molecule has 0 aromatic carbocycles. The second kappa shape index (κ2) is 6.02. The predicted octanol–water partition coefficient (Wildman–Crippen LogP) is 1.87. The van der Waals surface area contributed by atoms with Gasteiger partial charge in [0.25, 0.3) is 0 Å². The topological polar surface area (TPSA) is 47.7 Å². The first kappa shape index (κ1) is 13.8. The summed E-state index contributed by atoms with van der Waals surface area (Å²) in [6, 6.07) is 2.07. The molecular weight excluding hydrogens is 238 g/mol. The van der Waals surface area contributed by atoms with Crippen LogP contribution in [-0.4, -0.2) is 19.6 Å². The Morgan fingerprint density at radius 1 is 1.26 bits per heavy atom. The fourth-order valence-corrected chi connectivity index (χ4v) is 2.06. The summed E-state index contributed by atoms with van der Waals surface area (Å²) >= 11 is 0. The highest BCUT2D eigenvalue weighted by molar-refractivity contribution is 5.15.